The predicted molar refractivity (Wildman–Crippen MR) is 122 cm³/mol. The molecule has 0 radical (unpaired) electrons. The highest BCUT2D eigenvalue weighted by atomic mass is 16.2. The summed E-state index contributed by atoms with van der Waals surface area (Å²) >= 11 is 0. The van der Waals surface area contributed by atoms with Crippen LogP contribution in [0.5, 0.6) is 0 Å². The minimum absolute atomic E-state index is 0.00675. The zero-order valence-electron chi connectivity index (χ0n) is 17.4. The fourth-order valence-corrected chi connectivity index (χ4v) is 3.78. The number of aromatic nitrogens is 2. The van der Waals surface area contributed by atoms with Crippen molar-refractivity contribution < 1.29 is 9.59 Å². The average Bonchev–Trinajstić information content (AvgIpc) is 2.80. The second-order valence-electron chi connectivity index (χ2n) is 7.64. The standard InChI is InChI=1S/C24H25N5O2/c1-17(30)27-20-8-5-9-21(14-20)28-24(31)19-10-12-29(13-11-19)23-15-22(25-16-26-23)18-6-3-2-4-7-18/h2-9,14-16,19H,10-13H2,1H3,(H,27,30)(H,28,31). The molecule has 2 aromatic carbocycles. The van der Waals surface area contributed by atoms with Crippen LogP contribution in [0.4, 0.5) is 17.2 Å². The monoisotopic (exact) mass is 415 g/mol. The Labute approximate surface area is 181 Å². The molecule has 2 amide bonds. The third-order valence-electron chi connectivity index (χ3n) is 5.36. The Balaban J connectivity index is 1.36. The predicted octanol–water partition coefficient (Wildman–Crippen LogP) is 3.96. The Hall–Kier alpha value is -3.74. The van der Waals surface area contributed by atoms with Crippen molar-refractivity contribution in [2.24, 2.45) is 5.92 Å². The molecule has 1 fully saturated rings. The summed E-state index contributed by atoms with van der Waals surface area (Å²) in [5.74, 6) is 0.690. The molecule has 7 heteroatoms. The largest absolute Gasteiger partial charge is 0.356 e. The molecule has 0 saturated carbocycles. The lowest BCUT2D eigenvalue weighted by molar-refractivity contribution is -0.120. The third-order valence-corrected chi connectivity index (χ3v) is 5.36. The normalized spacial score (nSPS) is 14.2. The Morgan fingerprint density at radius 2 is 1.61 bits per heavy atom. The summed E-state index contributed by atoms with van der Waals surface area (Å²) in [6.45, 7) is 2.98. The lowest BCUT2D eigenvalue weighted by Crippen LogP contribution is -2.38. The maximum absolute atomic E-state index is 12.7. The van der Waals surface area contributed by atoms with E-state index in [2.05, 4.69) is 25.5 Å². The van der Waals surface area contributed by atoms with Crippen molar-refractivity contribution in [3.05, 3.63) is 67.0 Å². The summed E-state index contributed by atoms with van der Waals surface area (Å²) in [7, 11) is 0. The number of amides is 2. The molecule has 1 saturated heterocycles. The fraction of sp³-hybridized carbons (Fsp3) is 0.250. The van der Waals surface area contributed by atoms with E-state index in [1.165, 1.54) is 6.92 Å². The molecule has 2 N–H and O–H groups in total. The van der Waals surface area contributed by atoms with Gasteiger partial charge in [0.15, 0.2) is 0 Å². The quantitative estimate of drug-likeness (QED) is 0.659. The summed E-state index contributed by atoms with van der Waals surface area (Å²) in [6, 6.07) is 19.2. The van der Waals surface area contributed by atoms with Crippen LogP contribution < -0.4 is 15.5 Å². The third kappa shape index (κ3) is 5.25. The molecule has 1 aliphatic heterocycles. The van der Waals surface area contributed by atoms with Crippen molar-refractivity contribution in [3.63, 3.8) is 0 Å². The van der Waals surface area contributed by atoms with Gasteiger partial charge in [-0.15, -0.1) is 0 Å². The minimum Gasteiger partial charge on any atom is -0.356 e. The van der Waals surface area contributed by atoms with E-state index in [4.69, 9.17) is 0 Å². The van der Waals surface area contributed by atoms with Gasteiger partial charge in [0.05, 0.1) is 5.69 Å². The molecule has 7 nitrogen and oxygen atoms in total. The van der Waals surface area contributed by atoms with E-state index in [0.717, 1.165) is 43.0 Å². The minimum atomic E-state index is -0.143. The highest BCUT2D eigenvalue weighted by molar-refractivity contribution is 5.94. The number of anilines is 3. The molecule has 0 unspecified atom stereocenters. The number of benzene rings is 2. The van der Waals surface area contributed by atoms with Crippen molar-refractivity contribution in [1.29, 1.82) is 0 Å². The Bertz CT molecular complexity index is 1060. The Kier molecular flexibility index (Phi) is 6.21. The first-order valence-electron chi connectivity index (χ1n) is 10.4. The number of hydrogen-bond acceptors (Lipinski definition) is 5. The molecule has 3 aromatic rings. The fourth-order valence-electron chi connectivity index (χ4n) is 3.78. The van der Waals surface area contributed by atoms with Gasteiger partial charge in [-0.05, 0) is 31.0 Å². The van der Waals surface area contributed by atoms with Crippen molar-refractivity contribution in [2.45, 2.75) is 19.8 Å². The van der Waals surface area contributed by atoms with Gasteiger partial charge in [0.25, 0.3) is 0 Å². The number of nitrogens with zero attached hydrogens (tertiary/aromatic N) is 3. The summed E-state index contributed by atoms with van der Waals surface area (Å²) in [4.78, 5) is 35.0. The van der Waals surface area contributed by atoms with Gasteiger partial charge >= 0.3 is 0 Å². The van der Waals surface area contributed by atoms with Crippen LogP contribution in [0.15, 0.2) is 67.0 Å². The van der Waals surface area contributed by atoms with Crippen molar-refractivity contribution in [1.82, 2.24) is 9.97 Å². The van der Waals surface area contributed by atoms with E-state index in [1.54, 1.807) is 18.5 Å². The summed E-state index contributed by atoms with van der Waals surface area (Å²) < 4.78 is 0. The van der Waals surface area contributed by atoms with E-state index in [-0.39, 0.29) is 17.7 Å². The van der Waals surface area contributed by atoms with Crippen LogP contribution in [-0.4, -0.2) is 34.9 Å². The lowest BCUT2D eigenvalue weighted by atomic mass is 9.95. The number of hydrogen-bond donors (Lipinski definition) is 2. The SMILES string of the molecule is CC(=O)Nc1cccc(NC(=O)C2CCN(c3cc(-c4ccccc4)ncn3)CC2)c1. The maximum Gasteiger partial charge on any atom is 0.227 e. The molecule has 158 valence electrons. The first kappa shape index (κ1) is 20.5. The number of carbonyl (C=O) groups excluding carboxylic acids is 2. The van der Waals surface area contributed by atoms with Gasteiger partial charge < -0.3 is 15.5 Å². The van der Waals surface area contributed by atoms with Crippen LogP contribution >= 0.6 is 0 Å². The van der Waals surface area contributed by atoms with Gasteiger partial charge in [-0.2, -0.15) is 0 Å². The zero-order chi connectivity index (χ0) is 21.6. The summed E-state index contributed by atoms with van der Waals surface area (Å²) in [6.07, 6.45) is 3.10. The zero-order valence-corrected chi connectivity index (χ0v) is 17.4. The number of nitrogens with one attached hydrogen (secondary N) is 2. The van der Waals surface area contributed by atoms with Gasteiger partial charge in [-0.25, -0.2) is 9.97 Å². The van der Waals surface area contributed by atoms with E-state index < -0.39 is 0 Å². The van der Waals surface area contributed by atoms with Gasteiger partial charge in [0.1, 0.15) is 12.1 Å². The second kappa shape index (κ2) is 9.38. The van der Waals surface area contributed by atoms with E-state index in [9.17, 15) is 9.59 Å². The van der Waals surface area contributed by atoms with Gasteiger partial charge in [0, 0.05) is 48.9 Å². The molecule has 4 rings (SSSR count). The van der Waals surface area contributed by atoms with E-state index in [1.807, 2.05) is 48.5 Å². The van der Waals surface area contributed by atoms with Crippen molar-refractivity contribution >= 4 is 29.0 Å². The van der Waals surface area contributed by atoms with Crippen LogP contribution in [0.1, 0.15) is 19.8 Å². The van der Waals surface area contributed by atoms with E-state index in [0.29, 0.717) is 11.4 Å². The molecular weight excluding hydrogens is 390 g/mol. The van der Waals surface area contributed by atoms with Crippen LogP contribution in [0.2, 0.25) is 0 Å². The molecule has 1 aromatic heterocycles. The highest BCUT2D eigenvalue weighted by Gasteiger charge is 2.26. The van der Waals surface area contributed by atoms with Crippen molar-refractivity contribution in [2.75, 3.05) is 28.6 Å². The second-order valence-corrected chi connectivity index (χ2v) is 7.64. The van der Waals surface area contributed by atoms with Crippen LogP contribution in [-0.2, 0) is 9.59 Å². The van der Waals surface area contributed by atoms with Gasteiger partial charge in [-0.3, -0.25) is 9.59 Å². The first-order chi connectivity index (χ1) is 15.1. The maximum atomic E-state index is 12.7. The number of piperidine rings is 1. The summed E-state index contributed by atoms with van der Waals surface area (Å²) in [5, 5.41) is 5.71. The molecule has 31 heavy (non-hydrogen) atoms. The highest BCUT2D eigenvalue weighted by Crippen LogP contribution is 2.26. The van der Waals surface area contributed by atoms with Crippen LogP contribution in [0.3, 0.4) is 0 Å². The average molecular weight is 415 g/mol. The van der Waals surface area contributed by atoms with Gasteiger partial charge in [-0.1, -0.05) is 36.4 Å². The van der Waals surface area contributed by atoms with Crippen molar-refractivity contribution in [3.8, 4) is 11.3 Å². The molecular formula is C24H25N5O2. The van der Waals surface area contributed by atoms with Crippen LogP contribution in [0.25, 0.3) is 11.3 Å². The molecule has 2 heterocycles. The summed E-state index contributed by atoms with van der Waals surface area (Å²) in [5.41, 5.74) is 3.30. The molecule has 0 spiro atoms. The molecule has 0 bridgehead atoms. The Morgan fingerprint density at radius 1 is 0.903 bits per heavy atom. The molecule has 0 atom stereocenters. The number of carbonyl (C=O) groups is 2. The van der Waals surface area contributed by atoms with Gasteiger partial charge in [0.2, 0.25) is 11.8 Å². The topological polar surface area (TPSA) is 87.2 Å². The Morgan fingerprint density at radius 3 is 2.32 bits per heavy atom. The smallest absolute Gasteiger partial charge is 0.227 e. The van der Waals surface area contributed by atoms with E-state index >= 15 is 0 Å². The first-order valence-corrected chi connectivity index (χ1v) is 10.4. The lowest BCUT2D eigenvalue weighted by Gasteiger charge is -2.32. The number of rotatable bonds is 5. The molecule has 0 aliphatic carbocycles. The molecule has 1 aliphatic rings. The van der Waals surface area contributed by atoms with Crippen LogP contribution in [0, 0.1) is 5.92 Å².